The van der Waals surface area contributed by atoms with E-state index in [-0.39, 0.29) is 48.6 Å². The van der Waals surface area contributed by atoms with Crippen LogP contribution < -0.4 is 14.5 Å². The molecule has 9 aromatic rings. The van der Waals surface area contributed by atoms with Gasteiger partial charge in [0.2, 0.25) is 5.82 Å². The zero-order valence-electron chi connectivity index (χ0n) is 44.1. The van der Waals surface area contributed by atoms with Gasteiger partial charge in [-0.1, -0.05) is 155 Å². The number of anilines is 4. The molecule has 0 saturated heterocycles. The van der Waals surface area contributed by atoms with Gasteiger partial charge in [-0.2, -0.15) is 6.07 Å². The molecular weight excluding hydrogens is 1130 g/mol. The Labute approximate surface area is 451 Å². The molecule has 0 radical (unpaired) electrons. The van der Waals surface area contributed by atoms with E-state index >= 15 is 17.6 Å². The molecule has 0 aliphatic carbocycles. The third-order valence-electron chi connectivity index (χ3n) is 13.9. The third-order valence-corrected chi connectivity index (χ3v) is 13.9. The van der Waals surface area contributed by atoms with Gasteiger partial charge in [0, 0.05) is 66.9 Å². The maximum atomic E-state index is 16.0. The van der Waals surface area contributed by atoms with Crippen molar-refractivity contribution in [1.82, 2.24) is 9.55 Å². The summed E-state index contributed by atoms with van der Waals surface area (Å²) in [7, 11) is 0. The van der Waals surface area contributed by atoms with Gasteiger partial charge in [0.1, 0.15) is 5.82 Å². The van der Waals surface area contributed by atoms with E-state index in [2.05, 4.69) is 115 Å². The Morgan fingerprint density at radius 1 is 0.507 bits per heavy atom. The molecule has 0 atom stereocenters. The summed E-state index contributed by atoms with van der Waals surface area (Å²) in [4.78, 5) is 8.53. The molecule has 0 amide bonds. The normalized spacial score (nSPS) is 13.2. The number of ether oxygens (including phenoxy) is 1. The fourth-order valence-electron chi connectivity index (χ4n) is 9.77. The summed E-state index contributed by atoms with van der Waals surface area (Å²) in [5, 5.41) is 2.02. The molecule has 10 rings (SSSR count). The van der Waals surface area contributed by atoms with Gasteiger partial charge in [0.15, 0.2) is 23.3 Å². The summed E-state index contributed by atoms with van der Waals surface area (Å²) in [6.07, 6.45) is 1.84. The second-order valence-electron chi connectivity index (χ2n) is 23.4. The van der Waals surface area contributed by atoms with E-state index in [1.807, 2.05) is 105 Å². The second-order valence-corrected chi connectivity index (χ2v) is 23.4. The van der Waals surface area contributed by atoms with Crippen LogP contribution in [0.25, 0.3) is 49.9 Å². The van der Waals surface area contributed by atoms with Crippen LogP contribution in [0.2, 0.25) is 0 Å². The monoisotopic (exact) mass is 1190 g/mol. The Bertz CT molecular complexity index is 3640. The van der Waals surface area contributed by atoms with Crippen LogP contribution >= 0.6 is 0 Å². The zero-order valence-corrected chi connectivity index (χ0v) is 46.4. The standard InChI is InChI=1S/C64H58F5N4O.Pt/c1-61(2,3)39-26-27-70-53(33-39)73-49-21-14-13-18-45(49)46-25-24-43(35-52(46)73)74-44-31-38(37-28-40(62(4,5)6)32-41(29-37)63(7,8)9)30-42(34-44)71-36-72(51-23-16-15-22-50(51)71)60-47(19-17-20-48(60)64(10,11)12)54-55(65)57(67)59(69)58(68)56(54)66;/h13-33,36H,1-12H3;/q-3;. The van der Waals surface area contributed by atoms with Crippen molar-refractivity contribution < 1.29 is 47.8 Å². The summed E-state index contributed by atoms with van der Waals surface area (Å²) in [6.45, 7) is 27.2. The third kappa shape index (κ3) is 9.64. The topological polar surface area (TPSA) is 33.5 Å². The predicted octanol–water partition coefficient (Wildman–Crippen LogP) is 18.2. The van der Waals surface area contributed by atoms with Crippen LogP contribution in [0.1, 0.15) is 105 Å². The van der Waals surface area contributed by atoms with Gasteiger partial charge in [0.05, 0.1) is 5.56 Å². The Morgan fingerprint density at radius 2 is 1.09 bits per heavy atom. The van der Waals surface area contributed by atoms with Gasteiger partial charge in [-0.05, 0) is 85.2 Å². The summed E-state index contributed by atoms with van der Waals surface area (Å²) < 4.78 is 85.7. The fraction of sp³-hybridized carbons (Fsp3) is 0.250. The van der Waals surface area contributed by atoms with Crippen molar-refractivity contribution in [3.63, 3.8) is 0 Å². The van der Waals surface area contributed by atoms with E-state index in [0.717, 1.165) is 55.4 Å². The van der Waals surface area contributed by atoms with Crippen LogP contribution in [0.15, 0.2) is 128 Å². The predicted molar refractivity (Wildman–Crippen MR) is 290 cm³/mol. The van der Waals surface area contributed by atoms with Gasteiger partial charge < -0.3 is 19.1 Å². The van der Waals surface area contributed by atoms with Crippen LogP contribution in [0.5, 0.6) is 11.5 Å². The molecule has 5 nitrogen and oxygen atoms in total. The molecule has 0 N–H and O–H groups in total. The Balaban J connectivity index is 0.00000689. The maximum Gasteiger partial charge on any atom is 0.200 e. The van der Waals surface area contributed by atoms with Crippen LogP contribution in [-0.2, 0) is 42.7 Å². The number of hydrogen-bond acceptors (Lipinski definition) is 4. The maximum absolute atomic E-state index is 16.0. The van der Waals surface area contributed by atoms with Gasteiger partial charge in [-0.15, -0.1) is 53.6 Å². The summed E-state index contributed by atoms with van der Waals surface area (Å²) in [6, 6.07) is 46.4. The molecule has 388 valence electrons. The molecule has 75 heavy (non-hydrogen) atoms. The molecule has 1 aliphatic heterocycles. The molecule has 11 heteroatoms. The number of pyridine rings is 1. The molecule has 3 heterocycles. The number of nitrogens with zero attached hydrogens (tertiary/aromatic N) is 4. The number of aromatic nitrogens is 2. The van der Waals surface area contributed by atoms with Gasteiger partial charge in [-0.3, -0.25) is 0 Å². The summed E-state index contributed by atoms with van der Waals surface area (Å²) in [5.41, 5.74) is 7.26. The first-order chi connectivity index (χ1) is 34.8. The van der Waals surface area contributed by atoms with Crippen LogP contribution in [-0.4, -0.2) is 9.55 Å². The number of halogens is 5. The van der Waals surface area contributed by atoms with Crippen molar-refractivity contribution in [2.24, 2.45) is 0 Å². The molecule has 1 aliphatic rings. The summed E-state index contributed by atoms with van der Waals surface area (Å²) in [5.74, 6) is -8.53. The van der Waals surface area contributed by atoms with Crippen molar-refractivity contribution in [2.45, 2.75) is 105 Å². The number of rotatable bonds is 7. The SMILES string of the molecule is CC(C)(C)c1cc(-c2cc(Oc3[c-]c4c(cc3)c3ccccc3n4-c3cc(C(C)(C)C)ccn3)[c-]c(N3[CH-]N(c4c(-c5c(F)c(F)c(F)c(F)c5F)cccc4C(C)(C)C)c4ccccc43)c2)cc(C(C)(C)C)c1.[Pt]. The molecule has 0 unspecified atom stereocenters. The average molecular weight is 1190 g/mol. The molecule has 0 spiro atoms. The van der Waals surface area contributed by atoms with E-state index < -0.39 is 40.1 Å². The zero-order chi connectivity index (χ0) is 53.0. The van der Waals surface area contributed by atoms with Crippen LogP contribution in [0, 0.1) is 47.9 Å². The van der Waals surface area contributed by atoms with Crippen LogP contribution in [0.3, 0.4) is 0 Å². The van der Waals surface area contributed by atoms with E-state index in [9.17, 15) is 4.39 Å². The van der Waals surface area contributed by atoms with Crippen molar-refractivity contribution in [1.29, 1.82) is 0 Å². The first-order valence-electron chi connectivity index (χ1n) is 24.8. The number of para-hydroxylation sites is 4. The number of benzene rings is 7. The van der Waals surface area contributed by atoms with Crippen molar-refractivity contribution >= 4 is 44.6 Å². The largest absolute Gasteiger partial charge is 0.509 e. The van der Waals surface area contributed by atoms with Crippen molar-refractivity contribution in [2.75, 3.05) is 9.80 Å². The summed E-state index contributed by atoms with van der Waals surface area (Å²) >= 11 is 0. The van der Waals surface area contributed by atoms with Gasteiger partial charge in [0.25, 0.3) is 0 Å². The second kappa shape index (κ2) is 19.1. The number of hydrogen-bond donors (Lipinski definition) is 0. The smallest absolute Gasteiger partial charge is 0.200 e. The van der Waals surface area contributed by atoms with Crippen molar-refractivity contribution in [3.05, 3.63) is 198 Å². The Kier molecular flexibility index (Phi) is 13.5. The van der Waals surface area contributed by atoms with Crippen LogP contribution in [0.4, 0.5) is 44.7 Å². The Hall–Kier alpha value is -6.77. The van der Waals surface area contributed by atoms with Gasteiger partial charge in [-0.25, -0.2) is 26.9 Å². The minimum Gasteiger partial charge on any atom is -0.509 e. The van der Waals surface area contributed by atoms with E-state index in [1.165, 1.54) is 6.07 Å². The van der Waals surface area contributed by atoms with E-state index in [4.69, 9.17) is 9.72 Å². The van der Waals surface area contributed by atoms with Crippen molar-refractivity contribution in [3.8, 4) is 39.6 Å². The first kappa shape index (κ1) is 53.1. The molecule has 7 aromatic carbocycles. The molecule has 2 aromatic heterocycles. The Morgan fingerprint density at radius 3 is 1.72 bits per heavy atom. The van der Waals surface area contributed by atoms with Gasteiger partial charge >= 0.3 is 0 Å². The average Bonchev–Trinajstić information content (AvgIpc) is 3.90. The molecule has 0 bridgehead atoms. The first-order valence-corrected chi connectivity index (χ1v) is 24.8. The van der Waals surface area contributed by atoms with E-state index in [0.29, 0.717) is 34.1 Å². The fourth-order valence-corrected chi connectivity index (χ4v) is 9.77. The quantitative estimate of drug-likeness (QED) is 0.0689. The minimum absolute atomic E-state index is 0. The molecular formula is C64H58F5N4OPt-3. The van der Waals surface area contributed by atoms with E-state index in [1.54, 1.807) is 17.6 Å². The molecule has 0 saturated carbocycles. The minimum atomic E-state index is -2.22. The molecule has 0 fully saturated rings. The number of fused-ring (bicyclic) bond motifs is 4.